The van der Waals surface area contributed by atoms with E-state index in [2.05, 4.69) is 20.6 Å². The van der Waals surface area contributed by atoms with Crippen molar-refractivity contribution in [3.63, 3.8) is 0 Å². The average molecular weight is 386 g/mol. The van der Waals surface area contributed by atoms with Crippen molar-refractivity contribution in [3.05, 3.63) is 77.1 Å². The molecule has 1 aromatic heterocycles. The maximum absolute atomic E-state index is 12.6. The molecule has 3 rings (SSSR count). The van der Waals surface area contributed by atoms with Crippen LogP contribution in [0.5, 0.6) is 0 Å². The molecule has 1 amide bonds. The molecular weight excluding hydrogens is 369 g/mol. The Hall–Kier alpha value is -3.42. The maximum atomic E-state index is 12.6. The van der Waals surface area contributed by atoms with Gasteiger partial charge in [0.15, 0.2) is 0 Å². The average Bonchev–Trinajstić information content (AvgIpc) is 2.65. The minimum Gasteiger partial charge on any atom is -0.324 e. The fraction of sp³-hybridized carbons (Fsp3) is 0.150. The van der Waals surface area contributed by atoms with Crippen LogP contribution in [0.3, 0.4) is 0 Å². The number of carbonyl (C=O) groups is 1. The Morgan fingerprint density at radius 1 is 0.964 bits per heavy atom. The third-order valence-corrected chi connectivity index (χ3v) is 4.02. The van der Waals surface area contributed by atoms with Crippen LogP contribution in [0.2, 0.25) is 0 Å². The standard InChI is InChI=1S/C20H17F3N4O/c1-12-3-4-13(2)17(9-12)27-18(28)14-10-24-19(25-11-14)26-16-7-5-15(6-8-16)20(21,22)23/h3-11H,1-2H3,(H,27,28)(H,24,25,26). The van der Waals surface area contributed by atoms with Crippen molar-refractivity contribution in [2.45, 2.75) is 20.0 Å². The van der Waals surface area contributed by atoms with Gasteiger partial charge < -0.3 is 10.6 Å². The van der Waals surface area contributed by atoms with Crippen molar-refractivity contribution in [2.75, 3.05) is 10.6 Å². The number of halogens is 3. The van der Waals surface area contributed by atoms with Crippen LogP contribution in [0.1, 0.15) is 27.0 Å². The molecule has 2 aromatic carbocycles. The van der Waals surface area contributed by atoms with Crippen LogP contribution in [-0.4, -0.2) is 15.9 Å². The van der Waals surface area contributed by atoms with Gasteiger partial charge >= 0.3 is 6.18 Å². The van der Waals surface area contributed by atoms with E-state index in [1.165, 1.54) is 24.5 Å². The molecule has 1 heterocycles. The number of anilines is 3. The Morgan fingerprint density at radius 2 is 1.61 bits per heavy atom. The summed E-state index contributed by atoms with van der Waals surface area (Å²) < 4.78 is 37.8. The molecule has 0 atom stereocenters. The number of nitrogens with one attached hydrogen (secondary N) is 2. The van der Waals surface area contributed by atoms with E-state index in [0.29, 0.717) is 11.4 Å². The summed E-state index contributed by atoms with van der Waals surface area (Å²) in [6.07, 6.45) is -1.69. The van der Waals surface area contributed by atoms with Crippen molar-refractivity contribution in [3.8, 4) is 0 Å². The molecule has 0 spiro atoms. The van der Waals surface area contributed by atoms with E-state index < -0.39 is 11.7 Å². The molecule has 28 heavy (non-hydrogen) atoms. The largest absolute Gasteiger partial charge is 0.416 e. The normalized spacial score (nSPS) is 11.2. The number of carbonyl (C=O) groups excluding carboxylic acids is 1. The molecule has 0 radical (unpaired) electrons. The lowest BCUT2D eigenvalue weighted by molar-refractivity contribution is -0.137. The van der Waals surface area contributed by atoms with Crippen LogP contribution in [0.4, 0.5) is 30.5 Å². The van der Waals surface area contributed by atoms with Gasteiger partial charge in [-0.05, 0) is 55.3 Å². The number of amides is 1. The molecule has 0 aliphatic rings. The van der Waals surface area contributed by atoms with Gasteiger partial charge in [-0.1, -0.05) is 12.1 Å². The summed E-state index contributed by atoms with van der Waals surface area (Å²) >= 11 is 0. The van der Waals surface area contributed by atoms with Gasteiger partial charge in [-0.25, -0.2) is 9.97 Å². The Labute approximate surface area is 159 Å². The van der Waals surface area contributed by atoms with Crippen molar-refractivity contribution < 1.29 is 18.0 Å². The fourth-order valence-corrected chi connectivity index (χ4v) is 2.45. The number of hydrogen-bond acceptors (Lipinski definition) is 4. The maximum Gasteiger partial charge on any atom is 0.416 e. The molecule has 3 aromatic rings. The number of aromatic nitrogens is 2. The Morgan fingerprint density at radius 3 is 2.21 bits per heavy atom. The van der Waals surface area contributed by atoms with Crippen molar-refractivity contribution in [1.29, 1.82) is 0 Å². The zero-order chi connectivity index (χ0) is 20.3. The second-order valence-corrected chi connectivity index (χ2v) is 6.27. The lowest BCUT2D eigenvalue weighted by Crippen LogP contribution is -2.14. The molecule has 0 unspecified atom stereocenters. The zero-order valence-corrected chi connectivity index (χ0v) is 15.1. The third kappa shape index (κ3) is 4.64. The molecule has 144 valence electrons. The molecule has 0 aliphatic heterocycles. The number of alkyl halides is 3. The van der Waals surface area contributed by atoms with E-state index in [9.17, 15) is 18.0 Å². The van der Waals surface area contributed by atoms with Crippen LogP contribution in [0.25, 0.3) is 0 Å². The van der Waals surface area contributed by atoms with E-state index in [1.807, 2.05) is 32.0 Å². The lowest BCUT2D eigenvalue weighted by atomic mass is 10.1. The highest BCUT2D eigenvalue weighted by molar-refractivity contribution is 6.04. The zero-order valence-electron chi connectivity index (χ0n) is 15.1. The minimum atomic E-state index is -4.39. The molecule has 0 saturated carbocycles. The SMILES string of the molecule is Cc1ccc(C)c(NC(=O)c2cnc(Nc3ccc(C(F)(F)F)cc3)nc2)c1. The molecule has 8 heteroatoms. The highest BCUT2D eigenvalue weighted by Gasteiger charge is 2.29. The number of aryl methyl sites for hydroxylation is 2. The van der Waals surface area contributed by atoms with Gasteiger partial charge in [0, 0.05) is 23.8 Å². The molecule has 0 fully saturated rings. The summed E-state index contributed by atoms with van der Waals surface area (Å²) in [7, 11) is 0. The van der Waals surface area contributed by atoms with Crippen molar-refractivity contribution in [2.24, 2.45) is 0 Å². The lowest BCUT2D eigenvalue weighted by Gasteiger charge is -2.10. The minimum absolute atomic E-state index is 0.169. The topological polar surface area (TPSA) is 66.9 Å². The van der Waals surface area contributed by atoms with E-state index in [-0.39, 0.29) is 17.4 Å². The van der Waals surface area contributed by atoms with Crippen LogP contribution in [0, 0.1) is 13.8 Å². The fourth-order valence-electron chi connectivity index (χ4n) is 2.45. The predicted octanol–water partition coefficient (Wildman–Crippen LogP) is 5.11. The van der Waals surface area contributed by atoms with Gasteiger partial charge in [-0.3, -0.25) is 4.79 Å². The first-order valence-corrected chi connectivity index (χ1v) is 8.37. The van der Waals surface area contributed by atoms with Gasteiger partial charge in [0.25, 0.3) is 5.91 Å². The van der Waals surface area contributed by atoms with E-state index in [0.717, 1.165) is 23.3 Å². The Bertz CT molecular complexity index is 984. The summed E-state index contributed by atoms with van der Waals surface area (Å²) in [6, 6.07) is 10.2. The summed E-state index contributed by atoms with van der Waals surface area (Å²) in [6.45, 7) is 3.82. The summed E-state index contributed by atoms with van der Waals surface area (Å²) in [4.78, 5) is 20.4. The van der Waals surface area contributed by atoms with Gasteiger partial charge in [0.2, 0.25) is 5.95 Å². The predicted molar refractivity (Wildman–Crippen MR) is 101 cm³/mol. The third-order valence-electron chi connectivity index (χ3n) is 4.02. The number of hydrogen-bond donors (Lipinski definition) is 2. The van der Waals surface area contributed by atoms with E-state index >= 15 is 0 Å². The molecule has 0 bridgehead atoms. The van der Waals surface area contributed by atoms with Crippen molar-refractivity contribution >= 4 is 23.2 Å². The summed E-state index contributed by atoms with van der Waals surface area (Å²) in [5.74, 6) is -0.183. The monoisotopic (exact) mass is 386 g/mol. The second-order valence-electron chi connectivity index (χ2n) is 6.27. The molecule has 5 nitrogen and oxygen atoms in total. The van der Waals surface area contributed by atoms with Gasteiger partial charge in [0.1, 0.15) is 0 Å². The summed E-state index contributed by atoms with van der Waals surface area (Å²) in [5, 5.41) is 5.60. The Balaban J connectivity index is 1.67. The summed E-state index contributed by atoms with van der Waals surface area (Å²) in [5.41, 5.74) is 2.59. The highest BCUT2D eigenvalue weighted by Crippen LogP contribution is 2.30. The van der Waals surface area contributed by atoms with Gasteiger partial charge in [0.05, 0.1) is 11.1 Å². The van der Waals surface area contributed by atoms with Gasteiger partial charge in [-0.2, -0.15) is 13.2 Å². The first-order chi connectivity index (χ1) is 13.2. The van der Waals surface area contributed by atoms with Crippen LogP contribution >= 0.6 is 0 Å². The first kappa shape index (κ1) is 19.3. The van der Waals surface area contributed by atoms with Crippen LogP contribution in [-0.2, 0) is 6.18 Å². The smallest absolute Gasteiger partial charge is 0.324 e. The Kier molecular flexibility index (Phi) is 5.30. The molecular formula is C20H17F3N4O. The van der Waals surface area contributed by atoms with Crippen LogP contribution < -0.4 is 10.6 Å². The van der Waals surface area contributed by atoms with Crippen LogP contribution in [0.15, 0.2) is 54.9 Å². The van der Waals surface area contributed by atoms with Gasteiger partial charge in [-0.15, -0.1) is 0 Å². The van der Waals surface area contributed by atoms with Crippen molar-refractivity contribution in [1.82, 2.24) is 9.97 Å². The number of benzene rings is 2. The number of rotatable bonds is 4. The molecule has 0 aliphatic carbocycles. The van der Waals surface area contributed by atoms with E-state index in [1.54, 1.807) is 0 Å². The first-order valence-electron chi connectivity index (χ1n) is 8.37. The molecule has 2 N–H and O–H groups in total. The highest BCUT2D eigenvalue weighted by atomic mass is 19.4. The quantitative estimate of drug-likeness (QED) is 0.654. The second kappa shape index (κ2) is 7.67. The van der Waals surface area contributed by atoms with E-state index in [4.69, 9.17) is 0 Å². The molecule has 0 saturated heterocycles. The number of nitrogens with zero attached hydrogens (tertiary/aromatic N) is 2.